The molecule has 0 bridgehead atoms. The third kappa shape index (κ3) is 1.04. The number of rotatable bonds is 1. The number of carbonyl (C=O) groups is 1. The third-order valence-corrected chi connectivity index (χ3v) is 2.29. The molecule has 0 aliphatic carbocycles. The molecule has 0 fully saturated rings. The van der Waals surface area contributed by atoms with Crippen molar-refractivity contribution in [3.63, 3.8) is 0 Å². The van der Waals surface area contributed by atoms with Crippen molar-refractivity contribution < 1.29 is 4.79 Å². The van der Waals surface area contributed by atoms with E-state index in [1.807, 2.05) is 30.7 Å². The van der Waals surface area contributed by atoms with E-state index in [-0.39, 0.29) is 0 Å². The first-order chi connectivity index (χ1) is 6.24. The van der Waals surface area contributed by atoms with Gasteiger partial charge in [-0.15, -0.1) is 0 Å². The molecule has 0 aliphatic heterocycles. The van der Waals surface area contributed by atoms with Crippen LogP contribution >= 0.6 is 0 Å². The van der Waals surface area contributed by atoms with E-state index in [1.54, 1.807) is 6.20 Å². The van der Waals surface area contributed by atoms with E-state index in [0.717, 1.165) is 22.9 Å². The number of aryl methyl sites for hydroxylation is 2. The molecule has 0 aliphatic rings. The molecule has 0 N–H and O–H groups in total. The topological polar surface area (TPSA) is 34.9 Å². The molecule has 0 amide bonds. The average molecular weight is 174 g/mol. The van der Waals surface area contributed by atoms with Gasteiger partial charge in [-0.05, 0) is 19.1 Å². The van der Waals surface area contributed by atoms with Crippen LogP contribution in [0.2, 0.25) is 0 Å². The Bertz CT molecular complexity index is 471. The molecule has 0 saturated carbocycles. The number of carbonyl (C=O) groups excluding carboxylic acids is 1. The molecule has 0 saturated heterocycles. The molecule has 0 radical (unpaired) electrons. The predicted octanol–water partition coefficient (Wildman–Crippen LogP) is 1.69. The van der Waals surface area contributed by atoms with Crippen LogP contribution in [0.1, 0.15) is 16.2 Å². The van der Waals surface area contributed by atoms with E-state index in [9.17, 15) is 4.79 Å². The summed E-state index contributed by atoms with van der Waals surface area (Å²) in [7, 11) is 1.88. The van der Waals surface area contributed by atoms with Crippen molar-refractivity contribution >= 4 is 17.2 Å². The second kappa shape index (κ2) is 2.69. The van der Waals surface area contributed by atoms with Crippen LogP contribution in [0.15, 0.2) is 18.3 Å². The van der Waals surface area contributed by atoms with Crippen molar-refractivity contribution in [2.24, 2.45) is 7.05 Å². The summed E-state index contributed by atoms with van der Waals surface area (Å²) < 4.78 is 1.87. The van der Waals surface area contributed by atoms with Gasteiger partial charge in [-0.2, -0.15) is 0 Å². The van der Waals surface area contributed by atoms with Gasteiger partial charge in [0.1, 0.15) is 0 Å². The maximum atomic E-state index is 10.7. The molecule has 2 rings (SSSR count). The fourth-order valence-corrected chi connectivity index (χ4v) is 1.63. The molecular formula is C10H10N2O. The number of aromatic nitrogens is 2. The zero-order chi connectivity index (χ0) is 9.42. The van der Waals surface area contributed by atoms with Crippen LogP contribution in [0, 0.1) is 6.92 Å². The summed E-state index contributed by atoms with van der Waals surface area (Å²) in [4.78, 5) is 14.8. The first-order valence-electron chi connectivity index (χ1n) is 4.10. The van der Waals surface area contributed by atoms with E-state index < -0.39 is 0 Å². The van der Waals surface area contributed by atoms with Gasteiger partial charge in [-0.1, -0.05) is 0 Å². The molecule has 3 nitrogen and oxygen atoms in total. The minimum atomic E-state index is 0.686. The lowest BCUT2D eigenvalue weighted by molar-refractivity contribution is 0.111. The van der Waals surface area contributed by atoms with Crippen molar-refractivity contribution in [3.8, 4) is 0 Å². The van der Waals surface area contributed by atoms with Gasteiger partial charge in [0.15, 0.2) is 6.29 Å². The Labute approximate surface area is 76.0 Å². The molecule has 66 valence electrons. The summed E-state index contributed by atoms with van der Waals surface area (Å²) in [6.45, 7) is 1.94. The lowest BCUT2D eigenvalue weighted by Crippen LogP contribution is -1.95. The SMILES string of the molecule is Cc1nccc2cc(C=O)n(C)c12. The van der Waals surface area contributed by atoms with Gasteiger partial charge in [0.05, 0.1) is 16.9 Å². The molecule has 0 aromatic carbocycles. The van der Waals surface area contributed by atoms with Crippen LogP contribution in [0.4, 0.5) is 0 Å². The Morgan fingerprint density at radius 2 is 2.31 bits per heavy atom. The van der Waals surface area contributed by atoms with Crippen molar-refractivity contribution in [2.75, 3.05) is 0 Å². The molecule has 3 heteroatoms. The Hall–Kier alpha value is -1.64. The number of fused-ring (bicyclic) bond motifs is 1. The quantitative estimate of drug-likeness (QED) is 0.617. The smallest absolute Gasteiger partial charge is 0.166 e. The maximum absolute atomic E-state index is 10.7. The van der Waals surface area contributed by atoms with Crippen LogP contribution in [0.25, 0.3) is 10.9 Å². The van der Waals surface area contributed by atoms with E-state index in [0.29, 0.717) is 5.69 Å². The Balaban J connectivity index is 2.92. The van der Waals surface area contributed by atoms with Crippen LogP contribution in [-0.4, -0.2) is 15.8 Å². The van der Waals surface area contributed by atoms with Gasteiger partial charge < -0.3 is 4.57 Å². The van der Waals surface area contributed by atoms with Crippen molar-refractivity contribution in [2.45, 2.75) is 6.92 Å². The summed E-state index contributed by atoms with van der Waals surface area (Å²) in [6, 6.07) is 3.78. The van der Waals surface area contributed by atoms with Crippen LogP contribution in [0.5, 0.6) is 0 Å². The standard InChI is InChI=1S/C10H10N2O/c1-7-10-8(3-4-11-7)5-9(6-13)12(10)2/h3-6H,1-2H3. The second-order valence-corrected chi connectivity index (χ2v) is 3.08. The van der Waals surface area contributed by atoms with Crippen molar-refractivity contribution in [1.29, 1.82) is 0 Å². The van der Waals surface area contributed by atoms with Gasteiger partial charge in [-0.25, -0.2) is 0 Å². The fraction of sp³-hybridized carbons (Fsp3) is 0.200. The van der Waals surface area contributed by atoms with E-state index in [2.05, 4.69) is 4.98 Å². The molecular weight excluding hydrogens is 164 g/mol. The first kappa shape index (κ1) is 7.98. The first-order valence-corrected chi connectivity index (χ1v) is 4.10. The van der Waals surface area contributed by atoms with Crippen LogP contribution < -0.4 is 0 Å². The highest BCUT2D eigenvalue weighted by Gasteiger charge is 2.06. The Kier molecular flexibility index (Phi) is 1.65. The minimum Gasteiger partial charge on any atom is -0.340 e. The van der Waals surface area contributed by atoms with E-state index in [1.165, 1.54) is 0 Å². The predicted molar refractivity (Wildman–Crippen MR) is 50.8 cm³/mol. The third-order valence-electron chi connectivity index (χ3n) is 2.29. The van der Waals surface area contributed by atoms with Gasteiger partial charge in [0.25, 0.3) is 0 Å². The minimum absolute atomic E-state index is 0.686. The Morgan fingerprint density at radius 1 is 1.54 bits per heavy atom. The highest BCUT2D eigenvalue weighted by atomic mass is 16.1. The number of hydrogen-bond acceptors (Lipinski definition) is 2. The molecule has 0 unspecified atom stereocenters. The van der Waals surface area contributed by atoms with Gasteiger partial charge in [0.2, 0.25) is 0 Å². The van der Waals surface area contributed by atoms with E-state index in [4.69, 9.17) is 0 Å². The van der Waals surface area contributed by atoms with E-state index >= 15 is 0 Å². The van der Waals surface area contributed by atoms with Crippen LogP contribution in [-0.2, 0) is 7.05 Å². The summed E-state index contributed by atoms with van der Waals surface area (Å²) in [5.41, 5.74) is 2.67. The summed E-state index contributed by atoms with van der Waals surface area (Å²) in [5.74, 6) is 0. The second-order valence-electron chi connectivity index (χ2n) is 3.08. The van der Waals surface area contributed by atoms with Gasteiger partial charge >= 0.3 is 0 Å². The normalized spacial score (nSPS) is 10.6. The van der Waals surface area contributed by atoms with Crippen molar-refractivity contribution in [3.05, 3.63) is 29.7 Å². The lowest BCUT2D eigenvalue weighted by Gasteiger charge is -1.99. The molecule has 13 heavy (non-hydrogen) atoms. The molecule has 0 spiro atoms. The number of nitrogens with zero attached hydrogens (tertiary/aromatic N) is 2. The number of hydrogen-bond donors (Lipinski definition) is 0. The highest BCUT2D eigenvalue weighted by molar-refractivity contribution is 5.89. The summed E-state index contributed by atoms with van der Waals surface area (Å²) in [5, 5.41) is 1.07. The molecule has 2 aromatic heterocycles. The maximum Gasteiger partial charge on any atom is 0.166 e. The Morgan fingerprint density at radius 3 is 2.92 bits per heavy atom. The van der Waals surface area contributed by atoms with Gasteiger partial charge in [-0.3, -0.25) is 9.78 Å². The zero-order valence-electron chi connectivity index (χ0n) is 7.61. The van der Waals surface area contributed by atoms with Crippen molar-refractivity contribution in [1.82, 2.24) is 9.55 Å². The average Bonchev–Trinajstić information content (AvgIpc) is 2.44. The summed E-state index contributed by atoms with van der Waals surface area (Å²) in [6.07, 6.45) is 2.62. The lowest BCUT2D eigenvalue weighted by atomic mass is 10.2. The monoisotopic (exact) mass is 174 g/mol. The largest absolute Gasteiger partial charge is 0.340 e. The molecule has 2 heterocycles. The number of aldehydes is 1. The molecule has 0 atom stereocenters. The highest BCUT2D eigenvalue weighted by Crippen LogP contribution is 2.19. The number of pyridine rings is 1. The summed E-state index contributed by atoms with van der Waals surface area (Å²) >= 11 is 0. The zero-order valence-corrected chi connectivity index (χ0v) is 7.61. The molecule has 2 aromatic rings. The van der Waals surface area contributed by atoms with Crippen LogP contribution in [0.3, 0.4) is 0 Å². The fourth-order valence-electron chi connectivity index (χ4n) is 1.63. The van der Waals surface area contributed by atoms with Gasteiger partial charge in [0, 0.05) is 18.6 Å².